The van der Waals surface area contributed by atoms with Crippen molar-refractivity contribution in [3.05, 3.63) is 48.6 Å². The van der Waals surface area contributed by atoms with Gasteiger partial charge in [-0.1, -0.05) is 48.0 Å². The smallest absolute Gasteiger partial charge is 0.244 e. The Morgan fingerprint density at radius 2 is 2.12 bits per heavy atom. The highest BCUT2D eigenvalue weighted by atomic mass is 32.2. The Morgan fingerprint density at radius 3 is 2.59 bits per heavy atom. The third-order valence-electron chi connectivity index (χ3n) is 2.40. The predicted molar refractivity (Wildman–Crippen MR) is 65.9 cm³/mol. The molecule has 0 aliphatic heterocycles. The van der Waals surface area contributed by atoms with Gasteiger partial charge in [0.05, 0.1) is 5.54 Å². The van der Waals surface area contributed by atoms with Crippen molar-refractivity contribution in [3.8, 4) is 0 Å². The molecule has 0 spiro atoms. The summed E-state index contributed by atoms with van der Waals surface area (Å²) in [4.78, 5) is 11.4. The molecule has 1 N–H and O–H groups in total. The highest BCUT2D eigenvalue weighted by molar-refractivity contribution is 7.79. The lowest BCUT2D eigenvalue weighted by molar-refractivity contribution is -0.118. The van der Waals surface area contributed by atoms with E-state index in [0.29, 0.717) is 0 Å². The van der Waals surface area contributed by atoms with Gasteiger partial charge in [-0.15, -0.1) is 0 Å². The lowest BCUT2D eigenvalue weighted by atomic mass is 9.94. The molecule has 17 heavy (non-hydrogen) atoms. The monoisotopic (exact) mass is 252 g/mol. The van der Waals surface area contributed by atoms with Crippen molar-refractivity contribution in [2.75, 3.05) is 5.75 Å². The molecule has 1 amide bonds. The molecule has 5 heteroatoms. The topological polar surface area (TPSA) is 69.2 Å². The standard InChI is InChI=1S/C12H15NO3S/c1-3-11(14)13-12(2,9-17(15)16)10-7-5-4-6-8-10/h3-8H,1,9H2,2H3,(H,13,14)(H,15,16)/p-1. The van der Waals surface area contributed by atoms with Gasteiger partial charge in [-0.05, 0) is 18.6 Å². The Balaban J connectivity index is 3.05. The van der Waals surface area contributed by atoms with Gasteiger partial charge < -0.3 is 9.87 Å². The van der Waals surface area contributed by atoms with Gasteiger partial charge in [0.25, 0.3) is 0 Å². The molecule has 1 rings (SSSR count). The van der Waals surface area contributed by atoms with E-state index in [9.17, 15) is 13.6 Å². The first-order chi connectivity index (χ1) is 7.98. The zero-order chi connectivity index (χ0) is 12.9. The van der Waals surface area contributed by atoms with E-state index in [2.05, 4.69) is 11.9 Å². The van der Waals surface area contributed by atoms with Crippen molar-refractivity contribution in [2.45, 2.75) is 12.5 Å². The summed E-state index contributed by atoms with van der Waals surface area (Å²) in [6.07, 6.45) is 1.12. The van der Waals surface area contributed by atoms with Crippen LogP contribution in [0, 0.1) is 0 Å². The van der Waals surface area contributed by atoms with Crippen LogP contribution in [0.1, 0.15) is 12.5 Å². The zero-order valence-electron chi connectivity index (χ0n) is 9.51. The van der Waals surface area contributed by atoms with Crippen molar-refractivity contribution in [3.63, 3.8) is 0 Å². The predicted octanol–water partition coefficient (Wildman–Crippen LogP) is 1.08. The summed E-state index contributed by atoms with van der Waals surface area (Å²) in [7, 11) is 0. The highest BCUT2D eigenvalue weighted by Gasteiger charge is 2.27. The highest BCUT2D eigenvalue weighted by Crippen LogP contribution is 2.21. The van der Waals surface area contributed by atoms with Gasteiger partial charge in [-0.25, -0.2) is 0 Å². The first kappa shape index (κ1) is 13.6. The Morgan fingerprint density at radius 1 is 1.53 bits per heavy atom. The van der Waals surface area contributed by atoms with Gasteiger partial charge in [0.15, 0.2) is 0 Å². The molecular formula is C12H14NO3S-. The van der Waals surface area contributed by atoms with Crippen LogP contribution in [0.4, 0.5) is 0 Å². The lowest BCUT2D eigenvalue weighted by Gasteiger charge is -2.31. The minimum atomic E-state index is -2.25. The number of carbonyl (C=O) groups excluding carboxylic acids is 1. The second kappa shape index (κ2) is 5.75. The van der Waals surface area contributed by atoms with E-state index >= 15 is 0 Å². The Bertz CT molecular complexity index is 433. The number of nitrogens with one attached hydrogen (secondary N) is 1. The van der Waals surface area contributed by atoms with Crippen molar-refractivity contribution < 1.29 is 13.6 Å². The summed E-state index contributed by atoms with van der Waals surface area (Å²) in [6, 6.07) is 8.96. The fourth-order valence-electron chi connectivity index (χ4n) is 1.56. The van der Waals surface area contributed by atoms with E-state index in [1.807, 2.05) is 6.07 Å². The number of hydrogen-bond donors (Lipinski definition) is 1. The second-order valence-corrected chi connectivity index (χ2v) is 4.74. The fraction of sp³-hybridized carbons (Fsp3) is 0.250. The average molecular weight is 252 g/mol. The molecule has 0 saturated carbocycles. The maximum absolute atomic E-state index is 11.4. The van der Waals surface area contributed by atoms with E-state index in [1.54, 1.807) is 31.2 Å². The molecule has 0 heterocycles. The summed E-state index contributed by atoms with van der Waals surface area (Å²) < 4.78 is 21.8. The summed E-state index contributed by atoms with van der Waals surface area (Å²) >= 11 is -2.25. The number of benzene rings is 1. The largest absolute Gasteiger partial charge is 0.772 e. The number of hydrogen-bond acceptors (Lipinski definition) is 3. The van der Waals surface area contributed by atoms with E-state index < -0.39 is 22.5 Å². The maximum Gasteiger partial charge on any atom is 0.244 e. The van der Waals surface area contributed by atoms with Gasteiger partial charge in [0.2, 0.25) is 5.91 Å². The number of rotatable bonds is 5. The van der Waals surface area contributed by atoms with Crippen molar-refractivity contribution in [2.24, 2.45) is 0 Å². The average Bonchev–Trinajstić information content (AvgIpc) is 2.29. The molecule has 0 fully saturated rings. The van der Waals surface area contributed by atoms with Crippen LogP contribution in [-0.4, -0.2) is 20.4 Å². The number of carbonyl (C=O) groups is 1. The minimum absolute atomic E-state index is 0.184. The molecular weight excluding hydrogens is 238 g/mol. The van der Waals surface area contributed by atoms with Crippen LogP contribution in [0.25, 0.3) is 0 Å². The van der Waals surface area contributed by atoms with Crippen molar-refractivity contribution in [1.29, 1.82) is 0 Å². The molecule has 92 valence electrons. The third kappa shape index (κ3) is 3.80. The van der Waals surface area contributed by atoms with E-state index in [0.717, 1.165) is 11.6 Å². The quantitative estimate of drug-likeness (QED) is 0.630. The molecule has 0 aliphatic carbocycles. The van der Waals surface area contributed by atoms with Gasteiger partial charge in [-0.3, -0.25) is 9.00 Å². The number of amides is 1. The van der Waals surface area contributed by atoms with Crippen LogP contribution in [-0.2, 0) is 21.4 Å². The lowest BCUT2D eigenvalue weighted by Crippen LogP contribution is -2.46. The molecule has 1 aromatic carbocycles. The molecule has 2 atom stereocenters. The maximum atomic E-state index is 11.4. The van der Waals surface area contributed by atoms with Crippen LogP contribution in [0.5, 0.6) is 0 Å². The van der Waals surface area contributed by atoms with Crippen molar-refractivity contribution in [1.82, 2.24) is 5.32 Å². The first-order valence-corrected chi connectivity index (χ1v) is 6.28. The summed E-state index contributed by atoms with van der Waals surface area (Å²) in [5, 5.41) is 2.64. The van der Waals surface area contributed by atoms with Crippen LogP contribution in [0.15, 0.2) is 43.0 Å². The van der Waals surface area contributed by atoms with E-state index in [1.165, 1.54) is 0 Å². The third-order valence-corrected chi connectivity index (χ3v) is 3.21. The van der Waals surface area contributed by atoms with Crippen LogP contribution in [0.3, 0.4) is 0 Å². The Hall–Kier alpha value is -1.46. The molecule has 0 radical (unpaired) electrons. The molecule has 0 aromatic heterocycles. The summed E-state index contributed by atoms with van der Waals surface area (Å²) in [5.41, 5.74) is -0.210. The Labute approximate surface area is 103 Å². The SMILES string of the molecule is C=CC(=O)NC(C)(CS(=O)[O-])c1ccccc1. The zero-order valence-corrected chi connectivity index (χ0v) is 10.3. The molecule has 0 saturated heterocycles. The normalized spacial score (nSPS) is 15.6. The van der Waals surface area contributed by atoms with Crippen molar-refractivity contribution >= 4 is 17.0 Å². The molecule has 4 nitrogen and oxygen atoms in total. The second-order valence-electron chi connectivity index (χ2n) is 3.84. The van der Waals surface area contributed by atoms with Crippen LogP contribution >= 0.6 is 0 Å². The molecule has 1 aromatic rings. The van der Waals surface area contributed by atoms with Gasteiger partial charge in [0, 0.05) is 5.75 Å². The summed E-state index contributed by atoms with van der Waals surface area (Å²) in [6.45, 7) is 5.02. The van der Waals surface area contributed by atoms with Crippen LogP contribution < -0.4 is 5.32 Å². The van der Waals surface area contributed by atoms with Gasteiger partial charge in [0.1, 0.15) is 0 Å². The summed E-state index contributed by atoms with van der Waals surface area (Å²) in [5.74, 6) is -0.585. The van der Waals surface area contributed by atoms with Gasteiger partial charge in [-0.2, -0.15) is 0 Å². The van der Waals surface area contributed by atoms with Gasteiger partial charge >= 0.3 is 0 Å². The first-order valence-electron chi connectivity index (χ1n) is 5.04. The van der Waals surface area contributed by atoms with Crippen LogP contribution in [0.2, 0.25) is 0 Å². The fourth-order valence-corrected chi connectivity index (χ4v) is 2.27. The molecule has 0 bridgehead atoms. The molecule has 0 aliphatic rings. The van der Waals surface area contributed by atoms with E-state index in [-0.39, 0.29) is 5.75 Å². The van der Waals surface area contributed by atoms with E-state index in [4.69, 9.17) is 0 Å². The Kier molecular flexibility index (Phi) is 4.60. The minimum Gasteiger partial charge on any atom is -0.772 e. The molecule has 2 unspecified atom stereocenters.